The van der Waals surface area contributed by atoms with Gasteiger partial charge in [0.1, 0.15) is 46.3 Å². The van der Waals surface area contributed by atoms with E-state index in [2.05, 4.69) is 48.1 Å². The molecular formula is C82H106N14O22S4. The summed E-state index contributed by atoms with van der Waals surface area (Å²) in [4.78, 5) is 146. The predicted molar refractivity (Wildman–Crippen MR) is 454 cm³/mol. The van der Waals surface area contributed by atoms with Crippen LogP contribution in [0.3, 0.4) is 0 Å². The smallest absolute Gasteiger partial charge is 0.335 e. The third kappa shape index (κ3) is 26.5. The van der Waals surface area contributed by atoms with Crippen LogP contribution in [0.25, 0.3) is 33.7 Å². The summed E-state index contributed by atoms with van der Waals surface area (Å²) in [6, 6.07) is 20.2. The third-order valence-corrected chi connectivity index (χ3v) is 26.5. The Morgan fingerprint density at radius 3 is 1.39 bits per heavy atom. The second-order valence-corrected chi connectivity index (χ2v) is 36.6. The molecule has 0 spiro atoms. The van der Waals surface area contributed by atoms with E-state index in [1.165, 1.54) is 103 Å². The maximum atomic E-state index is 13.8. The number of carboxylic acid groups (broad SMARTS) is 2. The van der Waals surface area contributed by atoms with Gasteiger partial charge in [0.25, 0.3) is 0 Å². The topological polar surface area (TPSA) is 461 Å². The van der Waals surface area contributed by atoms with Gasteiger partial charge >= 0.3 is 23.3 Å². The highest BCUT2D eigenvalue weighted by Crippen LogP contribution is 2.44. The van der Waals surface area contributed by atoms with Crippen molar-refractivity contribution in [3.63, 3.8) is 0 Å². The second kappa shape index (κ2) is 46.5. The molecule has 8 heterocycles. The van der Waals surface area contributed by atoms with Gasteiger partial charge in [-0.25, -0.2) is 55.1 Å². The molecule has 8 aromatic rings. The average molecular weight is 1770 g/mol. The van der Waals surface area contributed by atoms with E-state index in [1.54, 1.807) is 108 Å². The summed E-state index contributed by atoms with van der Waals surface area (Å²) in [5.41, 5.74) is 2.39. The number of methoxy groups -OCH3 is 1. The Morgan fingerprint density at radius 2 is 0.926 bits per heavy atom. The molecule has 2 aromatic carbocycles. The zero-order valence-electron chi connectivity index (χ0n) is 69.0. The van der Waals surface area contributed by atoms with Crippen LogP contribution < -0.4 is 32.6 Å². The van der Waals surface area contributed by atoms with Crippen molar-refractivity contribution < 1.29 is 93.8 Å². The Kier molecular flexibility index (Phi) is 36.5. The number of carboxylic acids is 2. The monoisotopic (exact) mass is 1770 g/mol. The van der Waals surface area contributed by atoms with Crippen LogP contribution in [0.1, 0.15) is 104 Å². The summed E-state index contributed by atoms with van der Waals surface area (Å²) >= 11 is 2.53. The number of Topliss-reactive ketones (excluding diaryl/α,β-unsaturated/α-hetero) is 2. The first-order valence-corrected chi connectivity index (χ1v) is 44.8. The van der Waals surface area contributed by atoms with E-state index in [4.69, 9.17) is 28.4 Å². The standard InChI is InChI=1S/C43H56N6O12S2.C39H50N8O10S2/c1-43(2)38(48(30-62-43)63(56,57)35-11-6-18-44-28-35)40(52)46-36(41(53)54)27-31-13-15-32(16-14-31)49-39-37(12-7-19-45-39)47(42(49)55)29-34(51)10-8-21-60-25-26-61-22-17-33(50)9-4-5-20-59-24-23-58-3;1-4-5-16-41-32(48)14-19-56-21-22-57-20-18-42-33(49)25-45-31-9-7-17-43-35(31)47(38(45)53)28-12-10-27(11-13-28)23-30(37(51)52)44-36(50)34-39(2,3)58-26-46(34)59(54,55)29-8-6-15-40-24-29/h6-7,11-16,18-19,28,36,38H,4-5,8-10,17,20-27,29-30H2,1-3H3,(H,46,52)(H,53,54);6-13,15,17,24,30,34H,4-5,14,16,18-23,25-26H2,1-3H3,(H,41,48)(H,42,49)(H,44,50)(H,51,52)/t36-,38+;30-,34+/m00/s1. The van der Waals surface area contributed by atoms with Crippen molar-refractivity contribution in [3.8, 4) is 11.4 Å². The number of pyridine rings is 4. The van der Waals surface area contributed by atoms with Gasteiger partial charge < -0.3 is 59.9 Å². The van der Waals surface area contributed by atoms with Crippen molar-refractivity contribution in [1.82, 2.24) is 68.1 Å². The second-order valence-electron chi connectivity index (χ2n) is 29.6. The fraction of sp³-hybridized carbons (Fsp3) is 0.488. The molecule has 2 aliphatic rings. The van der Waals surface area contributed by atoms with Crippen molar-refractivity contribution in [2.45, 2.75) is 162 Å². The maximum Gasteiger partial charge on any atom is 0.335 e. The fourth-order valence-corrected chi connectivity index (χ4v) is 19.7. The van der Waals surface area contributed by atoms with Gasteiger partial charge in [0.05, 0.1) is 100 Å². The number of nitrogens with zero attached hydrogens (tertiary/aromatic N) is 10. The SMILES string of the molecule is CCCCNC(=O)CCOCCOCCNC(=O)Cn1c(=O)n(-c2ccc(C[C@H](NC(=O)[C@H]3N(S(=O)(=O)c4cccnc4)CSC3(C)C)C(=O)O)cc2)c2ncccc21.COCCOCCCCC(=O)CCOCCOCCCC(=O)Cn1c(=O)n(-c2ccc(C[C@H](NC(=O)[C@H]3N(S(=O)(=O)c4cccnc4)CSC3(C)C)C(=O)O)cc2)c2ncccc21. The molecule has 0 radical (unpaired) electrons. The van der Waals surface area contributed by atoms with Crippen LogP contribution in [0.15, 0.2) is 154 Å². The summed E-state index contributed by atoms with van der Waals surface area (Å²) in [6.07, 6.45) is 13.3. The summed E-state index contributed by atoms with van der Waals surface area (Å²) in [5.74, 6) is -4.64. The van der Waals surface area contributed by atoms with Crippen LogP contribution in [0.5, 0.6) is 0 Å². The number of hydrogen-bond acceptors (Lipinski definition) is 26. The number of hydrogen-bond donors (Lipinski definition) is 6. The average Bonchev–Trinajstić information content (AvgIpc) is 1.61. The molecule has 0 aliphatic carbocycles. The minimum Gasteiger partial charge on any atom is -0.480 e. The number of carbonyl (C=O) groups excluding carboxylic acids is 6. The number of aliphatic carboxylic acids is 2. The zero-order valence-corrected chi connectivity index (χ0v) is 72.2. The number of amides is 4. The summed E-state index contributed by atoms with van der Waals surface area (Å²) in [6.45, 7) is 13.4. The number of imidazole rings is 2. The first kappa shape index (κ1) is 95.8. The maximum absolute atomic E-state index is 13.8. The number of unbranched alkanes of at least 4 members (excludes halogenated alkanes) is 2. The minimum absolute atomic E-state index is 0.00660. The number of carbonyl (C=O) groups is 8. The number of ketones is 2. The van der Waals surface area contributed by atoms with Crippen molar-refractivity contribution >= 4 is 113 Å². The molecule has 10 rings (SSSR count). The lowest BCUT2D eigenvalue weighted by atomic mass is 10.0. The van der Waals surface area contributed by atoms with Crippen LogP contribution in [-0.2, 0) is 113 Å². The number of benzene rings is 2. The Bertz CT molecular complexity index is 5210. The van der Waals surface area contributed by atoms with Gasteiger partial charge in [0, 0.05) is 119 Å². The van der Waals surface area contributed by atoms with E-state index >= 15 is 0 Å². The van der Waals surface area contributed by atoms with Crippen LogP contribution in [-0.4, -0.2) is 259 Å². The highest BCUT2D eigenvalue weighted by atomic mass is 32.2. The van der Waals surface area contributed by atoms with E-state index < -0.39 is 94.7 Å². The molecule has 4 atom stereocenters. The highest BCUT2D eigenvalue weighted by Gasteiger charge is 2.53. The van der Waals surface area contributed by atoms with Crippen LogP contribution in [0.4, 0.5) is 0 Å². The molecule has 4 amide bonds. The van der Waals surface area contributed by atoms with E-state index in [-0.39, 0.29) is 104 Å². The lowest BCUT2D eigenvalue weighted by Crippen LogP contribution is -2.56. The molecule has 0 saturated carbocycles. The molecule has 2 saturated heterocycles. The van der Waals surface area contributed by atoms with Crippen molar-refractivity contribution in [2.75, 3.05) is 105 Å². The lowest BCUT2D eigenvalue weighted by Gasteiger charge is -2.30. The van der Waals surface area contributed by atoms with E-state index in [1.807, 2.05) is 0 Å². The largest absolute Gasteiger partial charge is 0.480 e. The van der Waals surface area contributed by atoms with E-state index in [0.29, 0.717) is 123 Å². The molecule has 2 fully saturated rings. The molecule has 122 heavy (non-hydrogen) atoms. The number of sulfonamides is 2. The van der Waals surface area contributed by atoms with Crippen molar-refractivity contribution in [3.05, 3.63) is 166 Å². The van der Waals surface area contributed by atoms with Gasteiger partial charge in [-0.1, -0.05) is 37.6 Å². The van der Waals surface area contributed by atoms with Gasteiger partial charge in [-0.2, -0.15) is 8.61 Å². The van der Waals surface area contributed by atoms with E-state index in [9.17, 15) is 75.0 Å². The number of ether oxygens (including phenoxy) is 6. The van der Waals surface area contributed by atoms with Gasteiger partial charge in [-0.05, 0) is 137 Å². The predicted octanol–water partition coefficient (Wildman–Crippen LogP) is 5.10. The molecule has 6 aromatic heterocycles. The number of thioether (sulfide) groups is 2. The summed E-state index contributed by atoms with van der Waals surface area (Å²) < 4.78 is 92.2. The van der Waals surface area contributed by atoms with Gasteiger partial charge in [0.2, 0.25) is 43.7 Å². The molecule has 40 heteroatoms. The van der Waals surface area contributed by atoms with Crippen LogP contribution >= 0.6 is 23.5 Å². The van der Waals surface area contributed by atoms with Crippen molar-refractivity contribution in [1.29, 1.82) is 0 Å². The zero-order chi connectivity index (χ0) is 88.0. The number of nitrogens with one attached hydrogen (secondary N) is 4. The summed E-state index contributed by atoms with van der Waals surface area (Å²) in [7, 11) is -6.62. The molecule has 0 unspecified atom stereocenters. The number of aromatic nitrogens is 8. The molecular weight excluding hydrogens is 1660 g/mol. The lowest BCUT2D eigenvalue weighted by molar-refractivity contribution is -0.142. The van der Waals surface area contributed by atoms with Gasteiger partial charge in [-0.15, -0.1) is 23.5 Å². The molecule has 0 bridgehead atoms. The van der Waals surface area contributed by atoms with Crippen LogP contribution in [0, 0.1) is 0 Å². The molecule has 660 valence electrons. The fourth-order valence-electron chi connectivity index (χ4n) is 13.4. The van der Waals surface area contributed by atoms with Gasteiger partial charge in [0.15, 0.2) is 17.1 Å². The van der Waals surface area contributed by atoms with Crippen LogP contribution in [0.2, 0.25) is 0 Å². The highest BCUT2D eigenvalue weighted by molar-refractivity contribution is 8.02. The summed E-state index contributed by atoms with van der Waals surface area (Å²) in [5, 5.41) is 30.9. The minimum atomic E-state index is -4.12. The Hall–Kier alpha value is -9.98. The normalized spacial score (nSPS) is 15.8. The van der Waals surface area contributed by atoms with Crippen molar-refractivity contribution in [2.24, 2.45) is 0 Å². The number of fused-ring (bicyclic) bond motifs is 2. The Morgan fingerprint density at radius 1 is 0.492 bits per heavy atom. The molecule has 36 nitrogen and oxygen atoms in total. The van der Waals surface area contributed by atoms with Gasteiger partial charge in [-0.3, -0.25) is 47.9 Å². The quantitative estimate of drug-likeness (QED) is 0.0270. The molecule has 6 N–H and O–H groups in total. The number of rotatable bonds is 50. The van der Waals surface area contributed by atoms with E-state index in [0.717, 1.165) is 34.3 Å². The Labute approximate surface area is 715 Å². The first-order chi connectivity index (χ1) is 58.5. The Balaban J connectivity index is 0.000000278. The molecule has 2 aliphatic heterocycles. The third-order valence-electron chi connectivity index (χ3n) is 19.8. The first-order valence-electron chi connectivity index (χ1n) is 39.9.